The van der Waals surface area contributed by atoms with Crippen LogP contribution < -0.4 is 5.32 Å². The predicted molar refractivity (Wildman–Crippen MR) is 68.0 cm³/mol. The van der Waals surface area contributed by atoms with Crippen LogP contribution in [0, 0.1) is 5.92 Å². The van der Waals surface area contributed by atoms with Crippen molar-refractivity contribution in [3.8, 4) is 0 Å². The monoisotopic (exact) mass is 307 g/mol. The van der Waals surface area contributed by atoms with Gasteiger partial charge in [-0.2, -0.15) is 0 Å². The number of rotatable bonds is 5. The molecule has 1 fully saturated rings. The van der Waals surface area contributed by atoms with Crippen molar-refractivity contribution in [3.05, 3.63) is 0 Å². The number of aliphatic hydroxyl groups is 5. The Labute approximate surface area is 120 Å². The molecule has 122 valence electrons. The van der Waals surface area contributed by atoms with E-state index in [1.807, 2.05) is 0 Å². The first kappa shape index (κ1) is 17.8. The smallest absolute Gasteiger partial charge is 0.335 e. The number of hydrogen-bond donors (Lipinski definition) is 7. The lowest BCUT2D eigenvalue weighted by Gasteiger charge is -2.44. The molecule has 9 nitrogen and oxygen atoms in total. The van der Waals surface area contributed by atoms with Crippen molar-refractivity contribution in [2.24, 2.45) is 5.92 Å². The van der Waals surface area contributed by atoms with E-state index in [0.29, 0.717) is 0 Å². The zero-order chi connectivity index (χ0) is 16.4. The van der Waals surface area contributed by atoms with E-state index < -0.39 is 67.2 Å². The normalized spacial score (nSPS) is 35.8. The van der Waals surface area contributed by atoms with Crippen molar-refractivity contribution < 1.29 is 40.2 Å². The number of amides is 1. The summed E-state index contributed by atoms with van der Waals surface area (Å²) in [6.45, 7) is 0.392. The van der Waals surface area contributed by atoms with Crippen LogP contribution in [0.4, 0.5) is 0 Å². The molecule has 4 unspecified atom stereocenters. The number of aliphatic hydroxyl groups excluding tert-OH is 4. The molecule has 9 heteroatoms. The molecule has 0 aromatic heterocycles. The summed E-state index contributed by atoms with van der Waals surface area (Å²) in [7, 11) is 0. The molecule has 0 spiro atoms. The third-order valence-electron chi connectivity index (χ3n) is 3.78. The molecule has 0 aromatic carbocycles. The van der Waals surface area contributed by atoms with Crippen LogP contribution in [0.25, 0.3) is 0 Å². The van der Waals surface area contributed by atoms with E-state index in [4.69, 9.17) is 10.2 Å². The Bertz CT molecular complexity index is 403. The number of carbonyl (C=O) groups is 2. The van der Waals surface area contributed by atoms with Gasteiger partial charge < -0.3 is 36.0 Å². The molecule has 0 radical (unpaired) electrons. The molecule has 1 saturated carbocycles. The first-order valence-electron chi connectivity index (χ1n) is 6.50. The molecule has 0 heterocycles. The topological polar surface area (TPSA) is 168 Å². The highest BCUT2D eigenvalue weighted by Crippen LogP contribution is 2.36. The number of carboxylic acids is 1. The highest BCUT2D eigenvalue weighted by atomic mass is 16.4. The molecule has 6 atom stereocenters. The summed E-state index contributed by atoms with van der Waals surface area (Å²) in [5, 5.41) is 59.8. The Hall–Kier alpha value is -1.26. The van der Waals surface area contributed by atoms with Crippen molar-refractivity contribution in [2.75, 3.05) is 6.61 Å². The van der Waals surface area contributed by atoms with Gasteiger partial charge in [-0.05, 0) is 6.42 Å². The van der Waals surface area contributed by atoms with Gasteiger partial charge in [0.25, 0.3) is 0 Å². The Morgan fingerprint density at radius 2 is 1.90 bits per heavy atom. The maximum atomic E-state index is 11.2. The van der Waals surface area contributed by atoms with Gasteiger partial charge in [-0.1, -0.05) is 0 Å². The van der Waals surface area contributed by atoms with Gasteiger partial charge in [0.2, 0.25) is 5.91 Å². The van der Waals surface area contributed by atoms with E-state index in [0.717, 1.165) is 0 Å². The lowest BCUT2D eigenvalue weighted by atomic mass is 9.70. The summed E-state index contributed by atoms with van der Waals surface area (Å²) >= 11 is 0. The Kier molecular flexibility index (Phi) is 5.65. The maximum Gasteiger partial charge on any atom is 0.335 e. The molecule has 7 N–H and O–H groups in total. The fourth-order valence-electron chi connectivity index (χ4n) is 2.70. The molecule has 0 aliphatic heterocycles. The minimum absolute atomic E-state index is 0.484. The second-order valence-corrected chi connectivity index (χ2v) is 5.44. The molecule has 1 aliphatic carbocycles. The lowest BCUT2D eigenvalue weighted by Crippen LogP contribution is -2.62. The number of nitrogens with one attached hydrogen (secondary N) is 1. The minimum atomic E-state index is -2.28. The van der Waals surface area contributed by atoms with Gasteiger partial charge >= 0.3 is 5.97 Å². The molecule has 1 aliphatic rings. The Balaban J connectivity index is 3.07. The summed E-state index contributed by atoms with van der Waals surface area (Å²) in [5.41, 5.74) is -2.28. The van der Waals surface area contributed by atoms with Gasteiger partial charge in [0.15, 0.2) is 5.60 Å². The molecule has 0 aromatic rings. The molecule has 1 amide bonds. The highest BCUT2D eigenvalue weighted by molar-refractivity contribution is 5.78. The van der Waals surface area contributed by atoms with Crippen molar-refractivity contribution >= 4 is 11.9 Å². The van der Waals surface area contributed by atoms with E-state index >= 15 is 0 Å². The first-order valence-corrected chi connectivity index (χ1v) is 6.50. The van der Waals surface area contributed by atoms with Crippen LogP contribution in [0.3, 0.4) is 0 Å². The summed E-state index contributed by atoms with van der Waals surface area (Å²) in [6, 6.07) is -1.04. The number of carbonyl (C=O) groups excluding carboxylic acids is 1. The van der Waals surface area contributed by atoms with Gasteiger partial charge in [-0.25, -0.2) is 4.79 Å². The molecular weight excluding hydrogens is 286 g/mol. The fourth-order valence-corrected chi connectivity index (χ4v) is 2.70. The average molecular weight is 307 g/mol. The van der Waals surface area contributed by atoms with Crippen molar-refractivity contribution in [3.63, 3.8) is 0 Å². The summed E-state index contributed by atoms with van der Waals surface area (Å²) < 4.78 is 0. The van der Waals surface area contributed by atoms with Crippen LogP contribution >= 0.6 is 0 Å². The van der Waals surface area contributed by atoms with Crippen LogP contribution in [-0.4, -0.2) is 79.1 Å². The quantitative estimate of drug-likeness (QED) is 0.278. The minimum Gasteiger partial charge on any atom is -0.479 e. The molecule has 1 rings (SSSR count). The third kappa shape index (κ3) is 3.89. The molecular formula is C12H21NO8. The van der Waals surface area contributed by atoms with E-state index in [-0.39, 0.29) is 0 Å². The number of aliphatic carboxylic acids is 1. The van der Waals surface area contributed by atoms with Crippen LogP contribution in [-0.2, 0) is 9.59 Å². The Morgan fingerprint density at radius 3 is 2.33 bits per heavy atom. The van der Waals surface area contributed by atoms with Crippen molar-refractivity contribution in [2.45, 2.75) is 49.7 Å². The van der Waals surface area contributed by atoms with Crippen molar-refractivity contribution in [1.82, 2.24) is 5.32 Å². The largest absolute Gasteiger partial charge is 0.479 e. The second-order valence-electron chi connectivity index (χ2n) is 5.44. The standard InChI is InChI=1S/C12H21NO8/c1-5(15)13-9-6(10(18)8(17)4-14)2-12(21,11(19)20)3-7(9)16/h6-10,14,16-18,21H,2-4H2,1H3,(H,13,15)(H,19,20)/t6?,7?,8-,9?,10-,12?/m1/s1. The molecule has 21 heavy (non-hydrogen) atoms. The first-order chi connectivity index (χ1) is 9.62. The summed E-state index contributed by atoms with van der Waals surface area (Å²) in [5.74, 6) is -3.23. The maximum absolute atomic E-state index is 11.2. The number of hydrogen-bond acceptors (Lipinski definition) is 7. The van der Waals surface area contributed by atoms with Crippen LogP contribution in [0.1, 0.15) is 19.8 Å². The lowest BCUT2D eigenvalue weighted by molar-refractivity contribution is -0.178. The van der Waals surface area contributed by atoms with Gasteiger partial charge in [0.1, 0.15) is 6.10 Å². The molecule has 0 saturated heterocycles. The SMILES string of the molecule is CC(=O)NC1C(O)CC(O)(C(=O)O)CC1[C@@H](O)[C@H](O)CO. The van der Waals surface area contributed by atoms with E-state index in [1.54, 1.807) is 0 Å². The average Bonchev–Trinajstić information content (AvgIpc) is 2.39. The van der Waals surface area contributed by atoms with Gasteiger partial charge in [-0.3, -0.25) is 4.79 Å². The van der Waals surface area contributed by atoms with Gasteiger partial charge in [0, 0.05) is 19.3 Å². The highest BCUT2D eigenvalue weighted by Gasteiger charge is 2.52. The van der Waals surface area contributed by atoms with Crippen LogP contribution in [0.5, 0.6) is 0 Å². The van der Waals surface area contributed by atoms with Crippen LogP contribution in [0.15, 0.2) is 0 Å². The summed E-state index contributed by atoms with van der Waals surface area (Å²) in [6.07, 6.45) is -5.63. The van der Waals surface area contributed by atoms with Crippen LogP contribution in [0.2, 0.25) is 0 Å². The van der Waals surface area contributed by atoms with E-state index in [9.17, 15) is 30.0 Å². The zero-order valence-electron chi connectivity index (χ0n) is 11.5. The third-order valence-corrected chi connectivity index (χ3v) is 3.78. The second kappa shape index (κ2) is 6.67. The Morgan fingerprint density at radius 1 is 1.33 bits per heavy atom. The number of carboxylic acid groups (broad SMARTS) is 1. The zero-order valence-corrected chi connectivity index (χ0v) is 11.5. The van der Waals surface area contributed by atoms with E-state index in [2.05, 4.69) is 5.32 Å². The summed E-state index contributed by atoms with van der Waals surface area (Å²) in [4.78, 5) is 22.3. The van der Waals surface area contributed by atoms with Crippen molar-refractivity contribution in [1.29, 1.82) is 0 Å². The predicted octanol–water partition coefficient (Wildman–Crippen LogP) is -3.21. The fraction of sp³-hybridized carbons (Fsp3) is 0.833. The molecule has 0 bridgehead atoms. The van der Waals surface area contributed by atoms with Gasteiger partial charge in [0.05, 0.1) is 24.9 Å². The van der Waals surface area contributed by atoms with Gasteiger partial charge in [-0.15, -0.1) is 0 Å². The van der Waals surface area contributed by atoms with E-state index in [1.165, 1.54) is 6.92 Å².